The number of carbonyl (C=O) groups excluding carboxylic acids is 1. The molecule has 1 aromatic heterocycles. The number of aromatic nitrogens is 1. The van der Waals surface area contributed by atoms with Crippen LogP contribution in [0.15, 0.2) is 47.6 Å². The Morgan fingerprint density at radius 2 is 2.06 bits per heavy atom. The van der Waals surface area contributed by atoms with Crippen molar-refractivity contribution in [3.05, 3.63) is 48.2 Å². The summed E-state index contributed by atoms with van der Waals surface area (Å²) in [6.45, 7) is 0. The summed E-state index contributed by atoms with van der Waals surface area (Å²) in [4.78, 5) is 14.9. The first-order valence-corrected chi connectivity index (χ1v) is 6.49. The maximum absolute atomic E-state index is 12.9. The molecule has 0 aliphatic carbocycles. The molecule has 0 saturated heterocycles. The van der Waals surface area contributed by atoms with Crippen LogP contribution in [-0.4, -0.2) is 17.3 Å². The van der Waals surface area contributed by atoms with Crippen LogP contribution in [0.1, 0.15) is 10.4 Å². The normalized spacial score (nSPS) is 10.1. The number of nitrogens with zero attached hydrogens (tertiary/aromatic N) is 1. The Morgan fingerprint density at radius 3 is 2.67 bits per heavy atom. The highest BCUT2D eigenvalue weighted by atomic mass is 32.2. The van der Waals surface area contributed by atoms with Crippen molar-refractivity contribution in [2.24, 2.45) is 0 Å². The molecule has 0 aliphatic heterocycles. The van der Waals surface area contributed by atoms with Crippen molar-refractivity contribution >= 4 is 29.2 Å². The Hall–Kier alpha value is -1.88. The predicted octanol–water partition coefficient (Wildman–Crippen LogP) is 3.66. The minimum absolute atomic E-state index is 0.0587. The summed E-state index contributed by atoms with van der Waals surface area (Å²) < 4.78 is 12.9. The Balaban J connectivity index is 2.38. The number of nitrogens with one attached hydrogen (secondary N) is 1. The van der Waals surface area contributed by atoms with Gasteiger partial charge >= 0.3 is 6.04 Å². The standard InChI is InChI=1S/C13H11FN2OS/c1-18-12-7-11(10(8-15-12)13(14)17)16-9-5-3-2-4-6-9/h2-8H,1H3,(H,15,16). The van der Waals surface area contributed by atoms with Gasteiger partial charge in [0.1, 0.15) is 0 Å². The molecule has 1 aromatic carbocycles. The van der Waals surface area contributed by atoms with Crippen LogP contribution in [0.4, 0.5) is 15.8 Å². The van der Waals surface area contributed by atoms with E-state index in [-0.39, 0.29) is 5.56 Å². The van der Waals surface area contributed by atoms with Gasteiger partial charge in [0.05, 0.1) is 16.3 Å². The molecule has 1 heterocycles. The molecule has 0 atom stereocenters. The topological polar surface area (TPSA) is 42.0 Å². The van der Waals surface area contributed by atoms with Gasteiger partial charge in [0.25, 0.3) is 0 Å². The van der Waals surface area contributed by atoms with E-state index in [2.05, 4.69) is 10.3 Å². The first-order chi connectivity index (χ1) is 8.70. The SMILES string of the molecule is CSc1cc(Nc2ccccc2)c(C(=O)F)cn1. The van der Waals surface area contributed by atoms with E-state index in [1.807, 2.05) is 36.6 Å². The zero-order valence-electron chi connectivity index (χ0n) is 9.68. The minimum atomic E-state index is -1.49. The fourth-order valence-corrected chi connectivity index (χ4v) is 1.88. The summed E-state index contributed by atoms with van der Waals surface area (Å²) in [7, 11) is 0. The Kier molecular flexibility index (Phi) is 3.94. The molecule has 1 N–H and O–H groups in total. The van der Waals surface area contributed by atoms with Crippen molar-refractivity contribution in [3.63, 3.8) is 0 Å². The van der Waals surface area contributed by atoms with Gasteiger partial charge in [-0.1, -0.05) is 18.2 Å². The van der Waals surface area contributed by atoms with Crippen molar-refractivity contribution in [3.8, 4) is 0 Å². The van der Waals surface area contributed by atoms with Gasteiger partial charge in [0, 0.05) is 11.9 Å². The zero-order chi connectivity index (χ0) is 13.0. The van der Waals surface area contributed by atoms with Crippen LogP contribution in [0, 0.1) is 0 Å². The number of hydrogen-bond donors (Lipinski definition) is 1. The molecule has 0 saturated carbocycles. The summed E-state index contributed by atoms with van der Waals surface area (Å²) >= 11 is 1.43. The summed E-state index contributed by atoms with van der Waals surface area (Å²) in [5.41, 5.74) is 1.16. The molecule has 0 radical (unpaired) electrons. The number of para-hydroxylation sites is 1. The van der Waals surface area contributed by atoms with Crippen molar-refractivity contribution in [1.82, 2.24) is 4.98 Å². The molecule has 0 bridgehead atoms. The van der Waals surface area contributed by atoms with Crippen molar-refractivity contribution in [2.75, 3.05) is 11.6 Å². The first-order valence-electron chi connectivity index (χ1n) is 5.26. The molecule has 92 valence electrons. The van der Waals surface area contributed by atoms with Crippen LogP contribution in [0.5, 0.6) is 0 Å². The zero-order valence-corrected chi connectivity index (χ0v) is 10.5. The molecule has 0 unspecified atom stereocenters. The fraction of sp³-hybridized carbons (Fsp3) is 0.0769. The van der Waals surface area contributed by atoms with Crippen LogP contribution in [0.25, 0.3) is 0 Å². The highest BCUT2D eigenvalue weighted by Gasteiger charge is 2.12. The van der Waals surface area contributed by atoms with Gasteiger partial charge < -0.3 is 5.32 Å². The lowest BCUT2D eigenvalue weighted by molar-refractivity contribution is 0.0836. The van der Waals surface area contributed by atoms with Gasteiger partial charge in [-0.2, -0.15) is 4.39 Å². The number of halogens is 1. The summed E-state index contributed by atoms with van der Waals surface area (Å²) in [5.74, 6) is 0. The predicted molar refractivity (Wildman–Crippen MR) is 71.2 cm³/mol. The molecule has 0 fully saturated rings. The average molecular weight is 262 g/mol. The maximum atomic E-state index is 12.9. The summed E-state index contributed by atoms with van der Waals surface area (Å²) in [6, 6.07) is 9.44. The molecule has 2 aromatic rings. The molecule has 0 spiro atoms. The third-order valence-corrected chi connectivity index (χ3v) is 2.99. The Bertz CT molecular complexity index is 560. The van der Waals surface area contributed by atoms with Crippen molar-refractivity contribution in [2.45, 2.75) is 5.03 Å². The molecule has 0 aliphatic rings. The minimum Gasteiger partial charge on any atom is -0.355 e. The van der Waals surface area contributed by atoms with Crippen LogP contribution in [0.2, 0.25) is 0 Å². The maximum Gasteiger partial charge on any atom is 0.335 e. The fourth-order valence-electron chi connectivity index (χ4n) is 1.48. The van der Waals surface area contributed by atoms with E-state index in [4.69, 9.17) is 0 Å². The van der Waals surface area contributed by atoms with E-state index in [0.29, 0.717) is 5.69 Å². The summed E-state index contributed by atoms with van der Waals surface area (Å²) in [5, 5.41) is 3.74. The average Bonchev–Trinajstić information content (AvgIpc) is 2.39. The second-order valence-electron chi connectivity index (χ2n) is 3.54. The van der Waals surface area contributed by atoms with Gasteiger partial charge in [0.2, 0.25) is 0 Å². The number of carbonyl (C=O) groups is 1. The quantitative estimate of drug-likeness (QED) is 0.674. The molecular weight excluding hydrogens is 251 g/mol. The third kappa shape index (κ3) is 2.87. The number of benzene rings is 1. The molecule has 18 heavy (non-hydrogen) atoms. The van der Waals surface area contributed by atoms with Gasteiger partial charge in [-0.15, -0.1) is 11.8 Å². The number of rotatable bonds is 4. The van der Waals surface area contributed by atoms with E-state index in [9.17, 15) is 9.18 Å². The van der Waals surface area contributed by atoms with Crippen LogP contribution < -0.4 is 5.32 Å². The monoisotopic (exact) mass is 262 g/mol. The number of anilines is 2. The lowest BCUT2D eigenvalue weighted by Crippen LogP contribution is -2.01. The Morgan fingerprint density at radius 1 is 1.33 bits per heavy atom. The molecule has 0 amide bonds. The lowest BCUT2D eigenvalue weighted by atomic mass is 10.2. The van der Waals surface area contributed by atoms with Crippen LogP contribution in [0.3, 0.4) is 0 Å². The second-order valence-corrected chi connectivity index (χ2v) is 4.36. The third-order valence-electron chi connectivity index (χ3n) is 2.35. The van der Waals surface area contributed by atoms with Crippen molar-refractivity contribution in [1.29, 1.82) is 0 Å². The number of hydrogen-bond acceptors (Lipinski definition) is 4. The second kappa shape index (κ2) is 5.64. The summed E-state index contributed by atoms with van der Waals surface area (Å²) in [6.07, 6.45) is 3.12. The molecule has 2 rings (SSSR count). The molecule has 3 nitrogen and oxygen atoms in total. The Labute approximate surface area is 108 Å². The van der Waals surface area contributed by atoms with Gasteiger partial charge in [-0.3, -0.25) is 4.79 Å². The highest BCUT2D eigenvalue weighted by Crippen LogP contribution is 2.25. The van der Waals surface area contributed by atoms with E-state index in [1.54, 1.807) is 6.07 Å². The lowest BCUT2D eigenvalue weighted by Gasteiger charge is -2.09. The van der Waals surface area contributed by atoms with Crippen molar-refractivity contribution < 1.29 is 9.18 Å². The van der Waals surface area contributed by atoms with Gasteiger partial charge in [-0.25, -0.2) is 4.98 Å². The highest BCUT2D eigenvalue weighted by molar-refractivity contribution is 7.98. The largest absolute Gasteiger partial charge is 0.355 e. The number of pyridine rings is 1. The smallest absolute Gasteiger partial charge is 0.335 e. The first kappa shape index (κ1) is 12.6. The van der Waals surface area contributed by atoms with Gasteiger partial charge in [-0.05, 0) is 24.5 Å². The van der Waals surface area contributed by atoms with E-state index >= 15 is 0 Å². The van der Waals surface area contributed by atoms with E-state index < -0.39 is 6.04 Å². The van der Waals surface area contributed by atoms with Gasteiger partial charge in [0.15, 0.2) is 0 Å². The molecular formula is C13H11FN2OS. The molecule has 5 heteroatoms. The van der Waals surface area contributed by atoms with E-state index in [0.717, 1.165) is 10.7 Å². The number of thioether (sulfide) groups is 1. The van der Waals surface area contributed by atoms with Crippen LogP contribution in [-0.2, 0) is 0 Å². The van der Waals surface area contributed by atoms with E-state index in [1.165, 1.54) is 18.0 Å². The van der Waals surface area contributed by atoms with Crippen LogP contribution >= 0.6 is 11.8 Å².